The number of fused-ring (bicyclic) bond motifs is 1. The average molecular weight is 309 g/mol. The Morgan fingerprint density at radius 3 is 2.52 bits per heavy atom. The summed E-state index contributed by atoms with van der Waals surface area (Å²) in [5, 5.41) is 5.85. The Labute approximate surface area is 137 Å². The second-order valence-corrected chi connectivity index (χ2v) is 6.14. The monoisotopic (exact) mass is 309 g/mol. The van der Waals surface area contributed by atoms with Crippen molar-refractivity contribution < 1.29 is 4.79 Å². The summed E-state index contributed by atoms with van der Waals surface area (Å²) < 4.78 is 0. The molecule has 0 aliphatic heterocycles. The molecule has 120 valence electrons. The van der Waals surface area contributed by atoms with E-state index in [1.165, 1.54) is 24.0 Å². The molecule has 23 heavy (non-hydrogen) atoms. The minimum atomic E-state index is -0.211. The second-order valence-electron chi connectivity index (χ2n) is 6.14. The number of anilines is 2. The lowest BCUT2D eigenvalue weighted by Crippen LogP contribution is -2.21. The van der Waals surface area contributed by atoms with Crippen molar-refractivity contribution in [3.8, 4) is 0 Å². The van der Waals surface area contributed by atoms with Crippen LogP contribution in [0.3, 0.4) is 0 Å². The van der Waals surface area contributed by atoms with Gasteiger partial charge >= 0.3 is 6.03 Å². The molecule has 2 aromatic rings. The Morgan fingerprint density at radius 1 is 1.04 bits per heavy atom. The summed E-state index contributed by atoms with van der Waals surface area (Å²) in [6.07, 6.45) is 4.56. The predicted molar refractivity (Wildman–Crippen MR) is 94.8 cm³/mol. The molecule has 1 atom stereocenters. The number of hydrogen-bond acceptors (Lipinski definition) is 2. The molecule has 0 aromatic heterocycles. The van der Waals surface area contributed by atoms with Crippen molar-refractivity contribution >= 4 is 17.4 Å². The molecule has 1 aliphatic rings. The first-order valence-corrected chi connectivity index (χ1v) is 8.18. The summed E-state index contributed by atoms with van der Waals surface area (Å²) in [5.74, 6) is 0. The summed E-state index contributed by atoms with van der Waals surface area (Å²) in [7, 11) is 0. The van der Waals surface area contributed by atoms with Crippen LogP contribution in [0.25, 0.3) is 0 Å². The largest absolute Gasteiger partial charge is 0.324 e. The van der Waals surface area contributed by atoms with Crippen LogP contribution in [-0.4, -0.2) is 6.03 Å². The molecule has 3 rings (SSSR count). The molecule has 0 fully saturated rings. The van der Waals surface area contributed by atoms with Gasteiger partial charge in [0.1, 0.15) is 0 Å². The first kappa shape index (κ1) is 15.6. The SMILES string of the molecule is CC(N)c1ccc(NC(=O)Nc2cccc3c2CCCC3)cc1. The summed E-state index contributed by atoms with van der Waals surface area (Å²) in [6, 6.07) is 13.5. The lowest BCUT2D eigenvalue weighted by atomic mass is 9.90. The third kappa shape index (κ3) is 3.71. The Morgan fingerprint density at radius 2 is 1.78 bits per heavy atom. The molecule has 2 amide bonds. The van der Waals surface area contributed by atoms with E-state index in [2.05, 4.69) is 16.7 Å². The molecular weight excluding hydrogens is 286 g/mol. The number of nitrogens with two attached hydrogens (primary N) is 1. The zero-order valence-electron chi connectivity index (χ0n) is 13.4. The van der Waals surface area contributed by atoms with E-state index in [4.69, 9.17) is 5.73 Å². The first-order valence-electron chi connectivity index (χ1n) is 8.18. The van der Waals surface area contributed by atoms with Crippen molar-refractivity contribution in [2.45, 2.75) is 38.6 Å². The number of urea groups is 1. The molecule has 0 saturated carbocycles. The number of rotatable bonds is 3. The fourth-order valence-corrected chi connectivity index (χ4v) is 3.05. The third-order valence-corrected chi connectivity index (χ3v) is 4.34. The highest BCUT2D eigenvalue weighted by atomic mass is 16.2. The molecular formula is C19H23N3O. The molecule has 2 aromatic carbocycles. The summed E-state index contributed by atoms with van der Waals surface area (Å²) in [5.41, 5.74) is 11.2. The smallest absolute Gasteiger partial charge is 0.323 e. The maximum Gasteiger partial charge on any atom is 0.323 e. The lowest BCUT2D eigenvalue weighted by molar-refractivity contribution is 0.262. The standard InChI is InChI=1S/C19H23N3O/c1-13(20)14-9-11-16(12-10-14)21-19(23)22-18-8-4-6-15-5-2-3-7-17(15)18/h4,6,8-13H,2-3,5,7,20H2,1H3,(H2,21,22,23). The molecule has 0 saturated heterocycles. The summed E-state index contributed by atoms with van der Waals surface area (Å²) in [4.78, 5) is 12.2. The number of carbonyl (C=O) groups excluding carboxylic acids is 1. The predicted octanol–water partition coefficient (Wildman–Crippen LogP) is 4.23. The van der Waals surface area contributed by atoms with Gasteiger partial charge in [0.15, 0.2) is 0 Å². The van der Waals surface area contributed by atoms with Gasteiger partial charge in [-0.25, -0.2) is 4.79 Å². The number of benzene rings is 2. The van der Waals surface area contributed by atoms with Crippen molar-refractivity contribution in [2.24, 2.45) is 5.73 Å². The van der Waals surface area contributed by atoms with Gasteiger partial charge in [-0.05, 0) is 67.5 Å². The van der Waals surface area contributed by atoms with E-state index in [0.717, 1.165) is 29.8 Å². The van der Waals surface area contributed by atoms with E-state index < -0.39 is 0 Å². The quantitative estimate of drug-likeness (QED) is 0.794. The molecule has 0 radical (unpaired) electrons. The second kappa shape index (κ2) is 6.84. The van der Waals surface area contributed by atoms with E-state index in [-0.39, 0.29) is 12.1 Å². The van der Waals surface area contributed by atoms with Crippen LogP contribution in [0.2, 0.25) is 0 Å². The van der Waals surface area contributed by atoms with Gasteiger partial charge in [0.05, 0.1) is 0 Å². The number of amides is 2. The van der Waals surface area contributed by atoms with Gasteiger partial charge in [0.2, 0.25) is 0 Å². The Balaban J connectivity index is 1.68. The van der Waals surface area contributed by atoms with Crippen molar-refractivity contribution in [1.82, 2.24) is 0 Å². The molecule has 0 heterocycles. The zero-order chi connectivity index (χ0) is 16.2. The minimum absolute atomic E-state index is 0.00582. The average Bonchev–Trinajstić information content (AvgIpc) is 2.55. The van der Waals surface area contributed by atoms with E-state index in [1.807, 2.05) is 43.3 Å². The number of nitrogens with one attached hydrogen (secondary N) is 2. The molecule has 4 nitrogen and oxygen atoms in total. The molecule has 1 unspecified atom stereocenters. The number of carbonyl (C=O) groups is 1. The van der Waals surface area contributed by atoms with Crippen molar-refractivity contribution in [3.05, 3.63) is 59.2 Å². The lowest BCUT2D eigenvalue weighted by Gasteiger charge is -2.19. The van der Waals surface area contributed by atoms with Gasteiger partial charge in [-0.1, -0.05) is 24.3 Å². The van der Waals surface area contributed by atoms with Crippen LogP contribution in [0.5, 0.6) is 0 Å². The fourth-order valence-electron chi connectivity index (χ4n) is 3.05. The minimum Gasteiger partial charge on any atom is -0.324 e. The molecule has 4 N–H and O–H groups in total. The molecule has 1 aliphatic carbocycles. The maximum atomic E-state index is 12.2. The fraction of sp³-hybridized carbons (Fsp3) is 0.316. The highest BCUT2D eigenvalue weighted by Gasteiger charge is 2.14. The van der Waals surface area contributed by atoms with Crippen LogP contribution in [0.1, 0.15) is 42.5 Å². The Kier molecular flexibility index (Phi) is 4.63. The van der Waals surface area contributed by atoms with Crippen molar-refractivity contribution in [3.63, 3.8) is 0 Å². The molecule has 0 spiro atoms. The first-order chi connectivity index (χ1) is 11.1. The number of aryl methyl sites for hydroxylation is 1. The Hall–Kier alpha value is -2.33. The van der Waals surface area contributed by atoms with Gasteiger partial charge in [0, 0.05) is 17.4 Å². The van der Waals surface area contributed by atoms with Gasteiger partial charge in [-0.3, -0.25) is 0 Å². The van der Waals surface area contributed by atoms with Crippen LogP contribution in [-0.2, 0) is 12.8 Å². The summed E-state index contributed by atoms with van der Waals surface area (Å²) >= 11 is 0. The van der Waals surface area contributed by atoms with Crippen molar-refractivity contribution in [2.75, 3.05) is 10.6 Å². The Bertz CT molecular complexity index is 692. The zero-order valence-corrected chi connectivity index (χ0v) is 13.4. The van der Waals surface area contributed by atoms with Crippen LogP contribution in [0.15, 0.2) is 42.5 Å². The van der Waals surface area contributed by atoms with Crippen LogP contribution in [0.4, 0.5) is 16.2 Å². The van der Waals surface area contributed by atoms with E-state index in [1.54, 1.807) is 0 Å². The molecule has 0 bridgehead atoms. The third-order valence-electron chi connectivity index (χ3n) is 4.34. The van der Waals surface area contributed by atoms with E-state index in [9.17, 15) is 4.79 Å². The normalized spacial score (nSPS) is 14.7. The van der Waals surface area contributed by atoms with Gasteiger partial charge in [-0.2, -0.15) is 0 Å². The van der Waals surface area contributed by atoms with Crippen LogP contribution >= 0.6 is 0 Å². The van der Waals surface area contributed by atoms with Crippen LogP contribution < -0.4 is 16.4 Å². The maximum absolute atomic E-state index is 12.2. The summed E-state index contributed by atoms with van der Waals surface area (Å²) in [6.45, 7) is 1.94. The van der Waals surface area contributed by atoms with Crippen LogP contribution in [0, 0.1) is 0 Å². The van der Waals surface area contributed by atoms with E-state index in [0.29, 0.717) is 0 Å². The number of hydrogen-bond donors (Lipinski definition) is 3. The van der Waals surface area contributed by atoms with Gasteiger partial charge in [-0.15, -0.1) is 0 Å². The molecule has 4 heteroatoms. The van der Waals surface area contributed by atoms with E-state index >= 15 is 0 Å². The van der Waals surface area contributed by atoms with Gasteiger partial charge in [0.25, 0.3) is 0 Å². The highest BCUT2D eigenvalue weighted by molar-refractivity contribution is 6.00. The van der Waals surface area contributed by atoms with Crippen molar-refractivity contribution in [1.29, 1.82) is 0 Å². The topological polar surface area (TPSA) is 67.1 Å². The van der Waals surface area contributed by atoms with Gasteiger partial charge < -0.3 is 16.4 Å². The highest BCUT2D eigenvalue weighted by Crippen LogP contribution is 2.28.